The van der Waals surface area contributed by atoms with Gasteiger partial charge in [-0.15, -0.1) is 0 Å². The number of hydrazine groups is 1. The Labute approximate surface area is 69.7 Å². The Balaban J connectivity index is 2.12. The Bertz CT molecular complexity index is 83.6. The second-order valence-electron chi connectivity index (χ2n) is 3.51. The average Bonchev–Trinajstić information content (AvgIpc) is 2.03. The van der Waals surface area contributed by atoms with Gasteiger partial charge in [-0.05, 0) is 12.8 Å². The van der Waals surface area contributed by atoms with Crippen LogP contribution in [0.5, 0.6) is 0 Å². The first-order chi connectivity index (χ1) is 5.39. The summed E-state index contributed by atoms with van der Waals surface area (Å²) in [6, 6.07) is 0. The lowest BCUT2D eigenvalue weighted by molar-refractivity contribution is 0.263. The second kappa shape index (κ2) is 5.56. The normalized spacial score (nSPS) is 24.8. The Morgan fingerprint density at radius 3 is 1.45 bits per heavy atom. The number of rotatable bonds is 0. The lowest BCUT2D eigenvalue weighted by Gasteiger charge is -2.17. The van der Waals surface area contributed by atoms with Crippen LogP contribution in [0.25, 0.3) is 0 Å². The molecule has 0 spiro atoms. The molecule has 66 valence electrons. The maximum absolute atomic E-state index is 5.76. The molecule has 0 aromatic carbocycles. The van der Waals surface area contributed by atoms with Crippen molar-refractivity contribution in [2.24, 2.45) is 5.84 Å². The van der Waals surface area contributed by atoms with E-state index in [2.05, 4.69) is 0 Å². The van der Waals surface area contributed by atoms with Crippen molar-refractivity contribution in [1.82, 2.24) is 5.01 Å². The molecule has 0 unspecified atom stereocenters. The van der Waals surface area contributed by atoms with Crippen molar-refractivity contribution in [1.29, 1.82) is 0 Å². The van der Waals surface area contributed by atoms with Crippen molar-refractivity contribution in [3.63, 3.8) is 0 Å². The fraction of sp³-hybridized carbons (Fsp3) is 1.00. The summed E-state index contributed by atoms with van der Waals surface area (Å²) < 4.78 is 0. The van der Waals surface area contributed by atoms with Crippen molar-refractivity contribution < 1.29 is 0 Å². The van der Waals surface area contributed by atoms with Crippen LogP contribution in [0.1, 0.15) is 44.9 Å². The predicted octanol–water partition coefficient (Wildman–Crippen LogP) is 1.91. The van der Waals surface area contributed by atoms with E-state index in [9.17, 15) is 0 Å². The van der Waals surface area contributed by atoms with Gasteiger partial charge in [-0.1, -0.05) is 32.1 Å². The zero-order valence-electron chi connectivity index (χ0n) is 7.39. The first-order valence-corrected chi connectivity index (χ1v) is 4.89. The van der Waals surface area contributed by atoms with Gasteiger partial charge in [-0.3, -0.25) is 5.84 Å². The van der Waals surface area contributed by atoms with Crippen LogP contribution >= 0.6 is 0 Å². The van der Waals surface area contributed by atoms with Gasteiger partial charge in [0.25, 0.3) is 0 Å². The first kappa shape index (κ1) is 9.01. The molecule has 0 amide bonds. The molecule has 0 aromatic rings. The van der Waals surface area contributed by atoms with E-state index in [1.54, 1.807) is 0 Å². The molecule has 1 rings (SSSR count). The van der Waals surface area contributed by atoms with Crippen LogP contribution < -0.4 is 5.84 Å². The molecular formula is C9H20N2. The Hall–Kier alpha value is -0.0800. The lowest BCUT2D eigenvalue weighted by atomic mass is 10.1. The third-order valence-corrected chi connectivity index (χ3v) is 2.39. The van der Waals surface area contributed by atoms with Gasteiger partial charge in [0.2, 0.25) is 0 Å². The molecule has 0 bridgehead atoms. The summed E-state index contributed by atoms with van der Waals surface area (Å²) in [5.41, 5.74) is 0. The van der Waals surface area contributed by atoms with Gasteiger partial charge in [0.1, 0.15) is 0 Å². The summed E-state index contributed by atoms with van der Waals surface area (Å²) in [4.78, 5) is 0. The van der Waals surface area contributed by atoms with Gasteiger partial charge in [0, 0.05) is 13.1 Å². The van der Waals surface area contributed by atoms with E-state index in [1.165, 1.54) is 44.9 Å². The summed E-state index contributed by atoms with van der Waals surface area (Å²) in [6.07, 6.45) is 9.57. The molecule has 1 saturated heterocycles. The SMILES string of the molecule is NN1CCCCCCCCC1. The molecular weight excluding hydrogens is 136 g/mol. The third-order valence-electron chi connectivity index (χ3n) is 2.39. The average molecular weight is 156 g/mol. The minimum Gasteiger partial charge on any atom is -0.269 e. The topological polar surface area (TPSA) is 29.3 Å². The highest BCUT2D eigenvalue weighted by atomic mass is 15.4. The smallest absolute Gasteiger partial charge is 0.0128 e. The van der Waals surface area contributed by atoms with Gasteiger partial charge in [-0.25, -0.2) is 5.01 Å². The summed E-state index contributed by atoms with van der Waals surface area (Å²) in [7, 11) is 0. The maximum atomic E-state index is 5.76. The molecule has 0 aromatic heterocycles. The van der Waals surface area contributed by atoms with Gasteiger partial charge in [0.05, 0.1) is 0 Å². The molecule has 1 heterocycles. The number of hydrogen-bond acceptors (Lipinski definition) is 2. The Morgan fingerprint density at radius 1 is 0.636 bits per heavy atom. The molecule has 2 heteroatoms. The first-order valence-electron chi connectivity index (χ1n) is 4.89. The summed E-state index contributed by atoms with van der Waals surface area (Å²) >= 11 is 0. The highest BCUT2D eigenvalue weighted by Gasteiger charge is 2.00. The van der Waals surface area contributed by atoms with Gasteiger partial charge in [0.15, 0.2) is 0 Å². The molecule has 2 N–H and O–H groups in total. The van der Waals surface area contributed by atoms with Crippen LogP contribution in [-0.2, 0) is 0 Å². The highest BCUT2D eigenvalue weighted by Crippen LogP contribution is 2.09. The van der Waals surface area contributed by atoms with Gasteiger partial charge >= 0.3 is 0 Å². The molecule has 0 aliphatic carbocycles. The quantitative estimate of drug-likeness (QED) is 0.543. The van der Waals surface area contributed by atoms with Crippen LogP contribution in [0.15, 0.2) is 0 Å². The zero-order chi connectivity index (χ0) is 7.94. The van der Waals surface area contributed by atoms with E-state index >= 15 is 0 Å². The molecule has 0 atom stereocenters. The predicted molar refractivity (Wildman–Crippen MR) is 48.1 cm³/mol. The van der Waals surface area contributed by atoms with E-state index in [-0.39, 0.29) is 0 Å². The fourth-order valence-corrected chi connectivity index (χ4v) is 1.63. The van der Waals surface area contributed by atoms with E-state index in [0.717, 1.165) is 13.1 Å². The monoisotopic (exact) mass is 156 g/mol. The molecule has 1 aliphatic rings. The van der Waals surface area contributed by atoms with Crippen LogP contribution in [-0.4, -0.2) is 18.1 Å². The van der Waals surface area contributed by atoms with Crippen molar-refractivity contribution in [2.75, 3.05) is 13.1 Å². The number of nitrogens with two attached hydrogens (primary N) is 1. The van der Waals surface area contributed by atoms with Crippen molar-refractivity contribution in [2.45, 2.75) is 44.9 Å². The van der Waals surface area contributed by atoms with Gasteiger partial charge in [-0.2, -0.15) is 0 Å². The van der Waals surface area contributed by atoms with E-state index < -0.39 is 0 Å². The maximum Gasteiger partial charge on any atom is 0.0128 e. The van der Waals surface area contributed by atoms with Gasteiger partial charge < -0.3 is 0 Å². The van der Waals surface area contributed by atoms with E-state index in [1.807, 2.05) is 5.01 Å². The standard InChI is InChI=1S/C9H20N2/c10-11-8-6-4-2-1-3-5-7-9-11/h1-10H2. The molecule has 1 fully saturated rings. The van der Waals surface area contributed by atoms with Crippen LogP contribution in [0.3, 0.4) is 0 Å². The number of nitrogens with zero attached hydrogens (tertiary/aromatic N) is 1. The minimum absolute atomic E-state index is 1.10. The fourth-order valence-electron chi connectivity index (χ4n) is 1.63. The van der Waals surface area contributed by atoms with Crippen LogP contribution in [0, 0.1) is 0 Å². The zero-order valence-corrected chi connectivity index (χ0v) is 7.39. The Morgan fingerprint density at radius 2 is 1.00 bits per heavy atom. The molecule has 0 saturated carbocycles. The molecule has 11 heavy (non-hydrogen) atoms. The third kappa shape index (κ3) is 4.38. The highest BCUT2D eigenvalue weighted by molar-refractivity contribution is 4.55. The number of hydrogen-bond donors (Lipinski definition) is 1. The largest absolute Gasteiger partial charge is 0.269 e. The molecule has 0 radical (unpaired) electrons. The Kier molecular flexibility index (Phi) is 4.55. The van der Waals surface area contributed by atoms with Crippen molar-refractivity contribution >= 4 is 0 Å². The van der Waals surface area contributed by atoms with Crippen LogP contribution in [0.2, 0.25) is 0 Å². The van der Waals surface area contributed by atoms with Crippen LogP contribution in [0.4, 0.5) is 0 Å². The van der Waals surface area contributed by atoms with E-state index in [4.69, 9.17) is 5.84 Å². The summed E-state index contributed by atoms with van der Waals surface area (Å²) in [6.45, 7) is 2.19. The van der Waals surface area contributed by atoms with E-state index in [0.29, 0.717) is 0 Å². The van der Waals surface area contributed by atoms with Crippen molar-refractivity contribution in [3.8, 4) is 0 Å². The van der Waals surface area contributed by atoms with Crippen molar-refractivity contribution in [3.05, 3.63) is 0 Å². The summed E-state index contributed by atoms with van der Waals surface area (Å²) in [5.74, 6) is 5.76. The lowest BCUT2D eigenvalue weighted by Crippen LogP contribution is -2.33. The molecule has 1 aliphatic heterocycles. The minimum atomic E-state index is 1.10. The summed E-state index contributed by atoms with van der Waals surface area (Å²) in [5, 5.41) is 1.98. The molecule has 2 nitrogen and oxygen atoms in total. The second-order valence-corrected chi connectivity index (χ2v) is 3.51.